The first-order valence-electron chi connectivity index (χ1n) is 8.33. The molecule has 3 heterocycles. The molecule has 1 N–H and O–H groups in total. The SMILES string of the molecule is CN1CCN(C(=O)c2ccc(-c3cc4c(Cl)ccnc4[nH]3)cc2)CC1. The lowest BCUT2D eigenvalue weighted by atomic mass is 10.1. The summed E-state index contributed by atoms with van der Waals surface area (Å²) >= 11 is 6.21. The van der Waals surface area contributed by atoms with Crippen LogP contribution in [-0.4, -0.2) is 58.9 Å². The van der Waals surface area contributed by atoms with E-state index in [-0.39, 0.29) is 5.91 Å². The molecule has 0 saturated carbocycles. The van der Waals surface area contributed by atoms with E-state index in [1.54, 1.807) is 12.3 Å². The number of nitrogens with zero attached hydrogens (tertiary/aromatic N) is 3. The average Bonchev–Trinajstić information content (AvgIpc) is 3.08. The molecular weight excluding hydrogens is 336 g/mol. The zero-order chi connectivity index (χ0) is 17.4. The van der Waals surface area contributed by atoms with Gasteiger partial charge in [-0.25, -0.2) is 4.98 Å². The van der Waals surface area contributed by atoms with Crippen molar-refractivity contribution >= 4 is 28.5 Å². The van der Waals surface area contributed by atoms with Crippen LogP contribution in [0.25, 0.3) is 22.3 Å². The van der Waals surface area contributed by atoms with Crippen LogP contribution in [0.1, 0.15) is 10.4 Å². The lowest BCUT2D eigenvalue weighted by Gasteiger charge is -2.32. The fourth-order valence-corrected chi connectivity index (χ4v) is 3.33. The fraction of sp³-hybridized carbons (Fsp3) is 0.263. The molecule has 0 unspecified atom stereocenters. The average molecular weight is 355 g/mol. The number of pyridine rings is 1. The van der Waals surface area contributed by atoms with Gasteiger partial charge in [-0.3, -0.25) is 4.79 Å². The minimum absolute atomic E-state index is 0.0982. The highest BCUT2D eigenvalue weighted by atomic mass is 35.5. The van der Waals surface area contributed by atoms with E-state index in [0.29, 0.717) is 5.02 Å². The van der Waals surface area contributed by atoms with Crippen LogP contribution < -0.4 is 0 Å². The molecule has 0 aliphatic carbocycles. The van der Waals surface area contributed by atoms with E-state index in [1.807, 2.05) is 35.2 Å². The van der Waals surface area contributed by atoms with E-state index in [9.17, 15) is 4.79 Å². The van der Waals surface area contributed by atoms with E-state index >= 15 is 0 Å². The first-order valence-corrected chi connectivity index (χ1v) is 8.71. The Hall–Kier alpha value is -2.37. The number of carbonyl (C=O) groups is 1. The maximum atomic E-state index is 12.6. The van der Waals surface area contributed by atoms with Gasteiger partial charge in [-0.1, -0.05) is 23.7 Å². The molecule has 2 aromatic heterocycles. The molecule has 25 heavy (non-hydrogen) atoms. The number of fused-ring (bicyclic) bond motifs is 1. The number of piperazine rings is 1. The summed E-state index contributed by atoms with van der Waals surface area (Å²) < 4.78 is 0. The molecule has 0 atom stereocenters. The van der Waals surface area contributed by atoms with Crippen LogP contribution in [0.5, 0.6) is 0 Å². The molecule has 3 aromatic rings. The molecule has 4 rings (SSSR count). The maximum Gasteiger partial charge on any atom is 0.253 e. The van der Waals surface area contributed by atoms with Crippen LogP contribution in [0.4, 0.5) is 0 Å². The fourth-order valence-electron chi connectivity index (χ4n) is 3.13. The van der Waals surface area contributed by atoms with Gasteiger partial charge >= 0.3 is 0 Å². The Labute approximate surface area is 151 Å². The minimum Gasteiger partial charge on any atom is -0.339 e. The number of aromatic nitrogens is 2. The summed E-state index contributed by atoms with van der Waals surface area (Å²) in [5.74, 6) is 0.0982. The second-order valence-corrected chi connectivity index (χ2v) is 6.82. The van der Waals surface area contributed by atoms with E-state index in [4.69, 9.17) is 11.6 Å². The molecule has 1 aliphatic heterocycles. The van der Waals surface area contributed by atoms with Crippen LogP contribution in [0.15, 0.2) is 42.6 Å². The largest absolute Gasteiger partial charge is 0.339 e. The second kappa shape index (κ2) is 6.50. The zero-order valence-electron chi connectivity index (χ0n) is 14.0. The second-order valence-electron chi connectivity index (χ2n) is 6.41. The van der Waals surface area contributed by atoms with Gasteiger partial charge in [0.1, 0.15) is 5.65 Å². The van der Waals surface area contributed by atoms with Gasteiger partial charge in [0.25, 0.3) is 5.91 Å². The third-order valence-electron chi connectivity index (χ3n) is 4.71. The molecule has 1 aliphatic rings. The summed E-state index contributed by atoms with van der Waals surface area (Å²) in [4.78, 5) is 24.3. The topological polar surface area (TPSA) is 52.2 Å². The van der Waals surface area contributed by atoms with Gasteiger partial charge in [-0.05, 0) is 36.9 Å². The van der Waals surface area contributed by atoms with Gasteiger partial charge in [-0.2, -0.15) is 0 Å². The van der Waals surface area contributed by atoms with Crippen molar-refractivity contribution in [1.82, 2.24) is 19.8 Å². The number of aromatic amines is 1. The highest BCUT2D eigenvalue weighted by Gasteiger charge is 2.20. The molecular formula is C19H19ClN4O. The van der Waals surface area contributed by atoms with E-state index in [2.05, 4.69) is 21.9 Å². The van der Waals surface area contributed by atoms with Gasteiger partial charge in [0.15, 0.2) is 0 Å². The lowest BCUT2D eigenvalue weighted by Crippen LogP contribution is -2.47. The standard InChI is InChI=1S/C19H19ClN4O/c1-23-8-10-24(11-9-23)19(25)14-4-2-13(3-5-14)17-12-15-16(20)6-7-21-18(15)22-17/h2-7,12H,8-11H2,1H3,(H,21,22). The Balaban J connectivity index is 1.57. The van der Waals surface area contributed by atoms with E-state index in [0.717, 1.165) is 54.0 Å². The molecule has 5 nitrogen and oxygen atoms in total. The summed E-state index contributed by atoms with van der Waals surface area (Å²) in [6.07, 6.45) is 1.68. The van der Waals surface area contributed by atoms with Gasteiger partial charge in [-0.15, -0.1) is 0 Å². The summed E-state index contributed by atoms with van der Waals surface area (Å²) in [5.41, 5.74) is 3.43. The third kappa shape index (κ3) is 3.13. The van der Waals surface area contributed by atoms with Gasteiger partial charge in [0, 0.05) is 49.0 Å². The molecule has 1 amide bonds. The predicted molar refractivity (Wildman–Crippen MR) is 99.9 cm³/mol. The van der Waals surface area contributed by atoms with Crippen LogP contribution in [-0.2, 0) is 0 Å². The normalized spacial score (nSPS) is 15.7. The first kappa shape index (κ1) is 16.1. The Morgan fingerprint density at radius 1 is 1.12 bits per heavy atom. The zero-order valence-corrected chi connectivity index (χ0v) is 14.8. The molecule has 0 spiro atoms. The van der Waals surface area contributed by atoms with Crippen LogP contribution in [0, 0.1) is 0 Å². The molecule has 1 fully saturated rings. The molecule has 6 heteroatoms. The number of rotatable bonds is 2. The number of nitrogens with one attached hydrogen (secondary N) is 1. The summed E-state index contributed by atoms with van der Waals surface area (Å²) in [6.45, 7) is 3.41. The number of likely N-dealkylation sites (N-methyl/N-ethyl adjacent to an activating group) is 1. The van der Waals surface area contributed by atoms with Crippen molar-refractivity contribution in [2.45, 2.75) is 0 Å². The third-order valence-corrected chi connectivity index (χ3v) is 5.04. The molecule has 0 bridgehead atoms. The Morgan fingerprint density at radius 2 is 1.84 bits per heavy atom. The maximum absolute atomic E-state index is 12.6. The Morgan fingerprint density at radius 3 is 2.52 bits per heavy atom. The quantitative estimate of drug-likeness (QED) is 0.768. The van der Waals surface area contributed by atoms with Crippen molar-refractivity contribution in [3.63, 3.8) is 0 Å². The number of carbonyl (C=O) groups excluding carboxylic acids is 1. The number of hydrogen-bond donors (Lipinski definition) is 1. The van der Waals surface area contributed by atoms with Crippen molar-refractivity contribution in [2.75, 3.05) is 33.2 Å². The Kier molecular flexibility index (Phi) is 4.19. The smallest absolute Gasteiger partial charge is 0.253 e. The van der Waals surface area contributed by atoms with Crippen molar-refractivity contribution in [3.05, 3.63) is 53.2 Å². The molecule has 1 saturated heterocycles. The molecule has 1 aromatic carbocycles. The van der Waals surface area contributed by atoms with E-state index < -0.39 is 0 Å². The highest BCUT2D eigenvalue weighted by molar-refractivity contribution is 6.35. The van der Waals surface area contributed by atoms with Crippen LogP contribution in [0.3, 0.4) is 0 Å². The highest BCUT2D eigenvalue weighted by Crippen LogP contribution is 2.28. The first-order chi connectivity index (χ1) is 12.1. The van der Waals surface area contributed by atoms with Gasteiger partial charge in [0.05, 0.1) is 5.02 Å². The Bertz CT molecular complexity index is 911. The minimum atomic E-state index is 0.0982. The number of hydrogen-bond acceptors (Lipinski definition) is 3. The molecule has 128 valence electrons. The summed E-state index contributed by atoms with van der Waals surface area (Å²) in [5, 5.41) is 1.58. The summed E-state index contributed by atoms with van der Waals surface area (Å²) in [6, 6.07) is 11.5. The van der Waals surface area contributed by atoms with Crippen molar-refractivity contribution in [1.29, 1.82) is 0 Å². The number of H-pyrrole nitrogens is 1. The summed E-state index contributed by atoms with van der Waals surface area (Å²) in [7, 11) is 2.08. The number of benzene rings is 1. The van der Waals surface area contributed by atoms with Crippen molar-refractivity contribution in [3.8, 4) is 11.3 Å². The van der Waals surface area contributed by atoms with Gasteiger partial charge in [0.2, 0.25) is 0 Å². The van der Waals surface area contributed by atoms with Crippen molar-refractivity contribution < 1.29 is 4.79 Å². The predicted octanol–water partition coefficient (Wildman–Crippen LogP) is 3.27. The molecule has 0 radical (unpaired) electrons. The van der Waals surface area contributed by atoms with E-state index in [1.165, 1.54) is 0 Å². The number of amides is 1. The van der Waals surface area contributed by atoms with Gasteiger partial charge < -0.3 is 14.8 Å². The van der Waals surface area contributed by atoms with Crippen LogP contribution in [0.2, 0.25) is 5.02 Å². The monoisotopic (exact) mass is 354 g/mol. The van der Waals surface area contributed by atoms with Crippen LogP contribution >= 0.6 is 11.6 Å². The van der Waals surface area contributed by atoms with Crippen molar-refractivity contribution in [2.24, 2.45) is 0 Å². The lowest BCUT2D eigenvalue weighted by molar-refractivity contribution is 0.0664. The number of halogens is 1.